The zero-order valence-electron chi connectivity index (χ0n) is 23.4. The molecule has 0 aliphatic carbocycles. The maximum atomic E-state index is 6.54. The molecule has 3 aromatic heterocycles. The van der Waals surface area contributed by atoms with Crippen molar-refractivity contribution in [2.24, 2.45) is 5.92 Å². The topological polar surface area (TPSA) is 39.2 Å². The second-order valence-corrected chi connectivity index (χ2v) is 12.0. The second-order valence-electron chi connectivity index (χ2n) is 12.0. The number of rotatable bonds is 4. The minimum absolute atomic E-state index is 0.00589. The van der Waals surface area contributed by atoms with E-state index >= 15 is 0 Å². The molecule has 0 radical (unpaired) electrons. The van der Waals surface area contributed by atoms with Crippen LogP contribution in [0.4, 0.5) is 0 Å². The smallest absolute Gasteiger partial charge is 0.138 e. The number of benzene rings is 3. The van der Waals surface area contributed by atoms with Gasteiger partial charge in [-0.15, -0.1) is 0 Å². The first-order valence-electron chi connectivity index (χ1n) is 13.6. The minimum atomic E-state index is 0.00589. The van der Waals surface area contributed by atoms with Crippen LogP contribution in [0, 0.1) is 19.8 Å². The summed E-state index contributed by atoms with van der Waals surface area (Å²) < 4.78 is 12.6. The third kappa shape index (κ3) is 4.01. The Kier molecular flexibility index (Phi) is 5.72. The van der Waals surface area contributed by atoms with Crippen molar-refractivity contribution in [2.75, 3.05) is 0 Å². The first-order valence-corrected chi connectivity index (χ1v) is 13.6. The van der Waals surface area contributed by atoms with E-state index in [2.05, 4.69) is 103 Å². The van der Waals surface area contributed by atoms with Crippen molar-refractivity contribution >= 4 is 32.7 Å². The number of pyridine rings is 1. The Morgan fingerprint density at radius 2 is 1.61 bits per heavy atom. The lowest BCUT2D eigenvalue weighted by molar-refractivity contribution is 0.560. The SMILES string of the molecule is Cc1oc2ccc(-c3oc4ccnc(-c5cc(C(C)(C)C)c6ccccc6c5)c4c3C)cc2c1CC(C)C. The molecule has 0 saturated carbocycles. The van der Waals surface area contributed by atoms with Gasteiger partial charge in [0.05, 0.1) is 11.1 Å². The molecule has 6 aromatic rings. The average Bonchev–Trinajstić information content (AvgIpc) is 3.38. The predicted molar refractivity (Wildman–Crippen MR) is 159 cm³/mol. The van der Waals surface area contributed by atoms with Crippen LogP contribution in [0.3, 0.4) is 0 Å². The molecule has 0 spiro atoms. The summed E-state index contributed by atoms with van der Waals surface area (Å²) in [4.78, 5) is 4.90. The summed E-state index contributed by atoms with van der Waals surface area (Å²) in [5.74, 6) is 2.45. The molecule has 3 heterocycles. The normalized spacial score (nSPS) is 12.4. The molecular weight excluding hydrogens is 466 g/mol. The molecule has 0 atom stereocenters. The zero-order chi connectivity index (χ0) is 26.8. The number of aryl methyl sites for hydroxylation is 2. The van der Waals surface area contributed by atoms with E-state index in [0.717, 1.165) is 56.9 Å². The fourth-order valence-electron chi connectivity index (χ4n) is 5.83. The van der Waals surface area contributed by atoms with Crippen molar-refractivity contribution in [2.45, 2.75) is 60.3 Å². The molecule has 3 heteroatoms. The van der Waals surface area contributed by atoms with Gasteiger partial charge in [0.25, 0.3) is 0 Å². The Morgan fingerprint density at radius 3 is 2.37 bits per heavy atom. The molecule has 0 N–H and O–H groups in total. The van der Waals surface area contributed by atoms with Crippen LogP contribution in [0.25, 0.3) is 55.3 Å². The summed E-state index contributed by atoms with van der Waals surface area (Å²) in [5.41, 5.74) is 8.68. The Hall–Kier alpha value is -3.85. The van der Waals surface area contributed by atoms with Gasteiger partial charge in [-0.2, -0.15) is 0 Å². The predicted octanol–water partition coefficient (Wildman–Crippen LogP) is 10.2. The van der Waals surface area contributed by atoms with Crippen molar-refractivity contribution in [3.05, 3.63) is 89.3 Å². The summed E-state index contributed by atoms with van der Waals surface area (Å²) >= 11 is 0. The summed E-state index contributed by atoms with van der Waals surface area (Å²) in [6.45, 7) is 15.5. The van der Waals surface area contributed by atoms with Gasteiger partial charge in [-0.05, 0) is 84.3 Å². The number of nitrogens with zero attached hydrogens (tertiary/aromatic N) is 1. The van der Waals surface area contributed by atoms with E-state index in [1.807, 2.05) is 12.3 Å². The zero-order valence-corrected chi connectivity index (χ0v) is 23.4. The third-order valence-corrected chi connectivity index (χ3v) is 7.65. The Bertz CT molecular complexity index is 1820. The van der Waals surface area contributed by atoms with Crippen LogP contribution in [-0.2, 0) is 11.8 Å². The largest absolute Gasteiger partial charge is 0.461 e. The van der Waals surface area contributed by atoms with Crippen molar-refractivity contribution in [3.63, 3.8) is 0 Å². The lowest BCUT2D eigenvalue weighted by atomic mass is 9.82. The Balaban J connectivity index is 1.56. The molecule has 3 aromatic carbocycles. The van der Waals surface area contributed by atoms with Gasteiger partial charge >= 0.3 is 0 Å². The van der Waals surface area contributed by atoms with Crippen LogP contribution in [-0.4, -0.2) is 4.98 Å². The quantitative estimate of drug-likeness (QED) is 0.241. The fourth-order valence-corrected chi connectivity index (χ4v) is 5.83. The van der Waals surface area contributed by atoms with Crippen LogP contribution in [0.2, 0.25) is 0 Å². The average molecular weight is 502 g/mol. The van der Waals surface area contributed by atoms with E-state index in [-0.39, 0.29) is 5.41 Å². The fraction of sp³-hybridized carbons (Fsp3) is 0.286. The number of furan rings is 2. The van der Waals surface area contributed by atoms with Gasteiger partial charge in [0.2, 0.25) is 0 Å². The van der Waals surface area contributed by atoms with Crippen LogP contribution in [0.1, 0.15) is 57.1 Å². The van der Waals surface area contributed by atoms with Crippen molar-refractivity contribution in [1.82, 2.24) is 4.98 Å². The molecule has 192 valence electrons. The van der Waals surface area contributed by atoms with Gasteiger partial charge in [-0.1, -0.05) is 58.9 Å². The lowest BCUT2D eigenvalue weighted by Crippen LogP contribution is -2.12. The molecule has 0 amide bonds. The monoisotopic (exact) mass is 501 g/mol. The van der Waals surface area contributed by atoms with Crippen molar-refractivity contribution < 1.29 is 8.83 Å². The van der Waals surface area contributed by atoms with Crippen LogP contribution < -0.4 is 0 Å². The highest BCUT2D eigenvalue weighted by Crippen LogP contribution is 2.41. The van der Waals surface area contributed by atoms with Gasteiger partial charge in [0.15, 0.2) is 0 Å². The first kappa shape index (κ1) is 24.5. The molecule has 0 aliphatic heterocycles. The van der Waals surface area contributed by atoms with E-state index in [4.69, 9.17) is 13.8 Å². The number of hydrogen-bond donors (Lipinski definition) is 0. The molecule has 0 aliphatic rings. The van der Waals surface area contributed by atoms with Crippen LogP contribution in [0.15, 0.2) is 75.7 Å². The molecular formula is C35H35NO2. The molecule has 0 unspecified atom stereocenters. The summed E-state index contributed by atoms with van der Waals surface area (Å²) in [6.07, 6.45) is 2.85. The van der Waals surface area contributed by atoms with E-state index < -0.39 is 0 Å². The Morgan fingerprint density at radius 1 is 0.816 bits per heavy atom. The molecule has 38 heavy (non-hydrogen) atoms. The minimum Gasteiger partial charge on any atom is -0.461 e. The van der Waals surface area contributed by atoms with Gasteiger partial charge in [-0.3, -0.25) is 4.98 Å². The maximum absolute atomic E-state index is 6.54. The highest BCUT2D eigenvalue weighted by atomic mass is 16.3. The van der Waals surface area contributed by atoms with Crippen molar-refractivity contribution in [3.8, 4) is 22.6 Å². The highest BCUT2D eigenvalue weighted by Gasteiger charge is 2.22. The van der Waals surface area contributed by atoms with Gasteiger partial charge in [-0.25, -0.2) is 0 Å². The molecule has 0 fully saturated rings. The van der Waals surface area contributed by atoms with Gasteiger partial charge in [0, 0.05) is 33.8 Å². The van der Waals surface area contributed by atoms with Crippen molar-refractivity contribution in [1.29, 1.82) is 0 Å². The first-order chi connectivity index (χ1) is 18.1. The van der Waals surface area contributed by atoms with E-state index in [1.165, 1.54) is 27.3 Å². The molecule has 0 bridgehead atoms. The molecule has 0 saturated heterocycles. The lowest BCUT2D eigenvalue weighted by Gasteiger charge is -2.22. The molecule has 3 nitrogen and oxygen atoms in total. The van der Waals surface area contributed by atoms with Gasteiger partial charge in [0.1, 0.15) is 22.7 Å². The Labute approximate surface area is 224 Å². The van der Waals surface area contributed by atoms with Crippen LogP contribution in [0.5, 0.6) is 0 Å². The second kappa shape index (κ2) is 8.87. The summed E-state index contributed by atoms with van der Waals surface area (Å²) in [5, 5.41) is 4.77. The summed E-state index contributed by atoms with van der Waals surface area (Å²) in [6, 6.07) is 21.6. The number of fused-ring (bicyclic) bond motifs is 3. The van der Waals surface area contributed by atoms with E-state index in [1.54, 1.807) is 0 Å². The highest BCUT2D eigenvalue weighted by molar-refractivity contribution is 6.01. The van der Waals surface area contributed by atoms with Crippen LogP contribution >= 0.6 is 0 Å². The number of aromatic nitrogens is 1. The third-order valence-electron chi connectivity index (χ3n) is 7.65. The van der Waals surface area contributed by atoms with E-state index in [9.17, 15) is 0 Å². The standard InChI is InChI=1S/C35H35NO2/c1-20(2)16-27-22(4)37-30-13-12-24(18-28(27)30)34-21(3)32-31(38-34)14-15-36-33(32)25-17-23-10-8-9-11-26(23)29(19-25)35(5,6)7/h8-15,17-20H,16H2,1-7H3. The summed E-state index contributed by atoms with van der Waals surface area (Å²) in [7, 11) is 0. The number of hydrogen-bond acceptors (Lipinski definition) is 3. The van der Waals surface area contributed by atoms with E-state index in [0.29, 0.717) is 5.92 Å². The van der Waals surface area contributed by atoms with Gasteiger partial charge < -0.3 is 8.83 Å². The molecule has 6 rings (SSSR count). The maximum Gasteiger partial charge on any atom is 0.138 e.